The summed E-state index contributed by atoms with van der Waals surface area (Å²) in [7, 11) is 0. The average Bonchev–Trinajstić information content (AvgIpc) is 3.22. The Morgan fingerprint density at radius 1 is 0.603 bits per heavy atom. The predicted molar refractivity (Wildman–Crippen MR) is 239 cm³/mol. The lowest BCUT2D eigenvalue weighted by molar-refractivity contribution is -0.302. The summed E-state index contributed by atoms with van der Waals surface area (Å²) >= 11 is 0. The Morgan fingerprint density at radius 2 is 1.09 bits per heavy atom. The van der Waals surface area contributed by atoms with Gasteiger partial charge >= 0.3 is 0 Å². The highest BCUT2D eigenvalue weighted by Crippen LogP contribution is 2.22. The number of carbonyl (C=O) groups is 1. The maximum Gasteiger partial charge on any atom is 0.220 e. The third-order valence-corrected chi connectivity index (χ3v) is 9.56. The van der Waals surface area contributed by atoms with Crippen LogP contribution >= 0.6 is 0 Å². The quantitative estimate of drug-likeness (QED) is 0.0279. The van der Waals surface area contributed by atoms with E-state index in [9.17, 15) is 30.3 Å². The van der Waals surface area contributed by atoms with E-state index >= 15 is 0 Å². The lowest BCUT2D eigenvalue weighted by Crippen LogP contribution is -2.60. The number of hydrogen-bond acceptors (Lipinski definition) is 8. The number of rotatable bonds is 34. The largest absolute Gasteiger partial charge is 0.394 e. The molecule has 6 N–H and O–H groups in total. The van der Waals surface area contributed by atoms with Gasteiger partial charge < -0.3 is 40.3 Å². The fourth-order valence-electron chi connectivity index (χ4n) is 6.01. The van der Waals surface area contributed by atoms with Crippen molar-refractivity contribution in [3.8, 4) is 0 Å². The van der Waals surface area contributed by atoms with E-state index < -0.39 is 49.5 Å². The third-order valence-electron chi connectivity index (χ3n) is 9.56. The van der Waals surface area contributed by atoms with Crippen LogP contribution in [0.1, 0.15) is 136 Å². The second kappa shape index (κ2) is 38.1. The van der Waals surface area contributed by atoms with Crippen LogP contribution in [0.4, 0.5) is 0 Å². The highest BCUT2D eigenvalue weighted by atomic mass is 16.7. The first-order valence-corrected chi connectivity index (χ1v) is 22.1. The van der Waals surface area contributed by atoms with Crippen LogP contribution in [-0.2, 0) is 14.3 Å². The highest BCUT2D eigenvalue weighted by molar-refractivity contribution is 5.76. The molecular weight excluding hydrogens is 731 g/mol. The van der Waals surface area contributed by atoms with Crippen LogP contribution < -0.4 is 5.32 Å². The summed E-state index contributed by atoms with van der Waals surface area (Å²) in [5, 5.41) is 54.0. The van der Waals surface area contributed by atoms with Gasteiger partial charge in [-0.1, -0.05) is 142 Å². The molecule has 9 heteroatoms. The molecule has 7 atom stereocenters. The molecule has 7 unspecified atom stereocenters. The zero-order chi connectivity index (χ0) is 42.3. The van der Waals surface area contributed by atoms with Crippen molar-refractivity contribution in [2.75, 3.05) is 13.2 Å². The minimum absolute atomic E-state index is 0.232. The molecule has 1 amide bonds. The van der Waals surface area contributed by atoms with E-state index in [1.54, 1.807) is 6.08 Å². The number of aliphatic hydroxyl groups is 5. The lowest BCUT2D eigenvalue weighted by Gasteiger charge is -2.40. The Kier molecular flexibility index (Phi) is 34.7. The summed E-state index contributed by atoms with van der Waals surface area (Å²) in [6.45, 7) is 3.55. The van der Waals surface area contributed by atoms with Crippen molar-refractivity contribution in [1.29, 1.82) is 0 Å². The van der Waals surface area contributed by atoms with Gasteiger partial charge in [0.25, 0.3) is 0 Å². The summed E-state index contributed by atoms with van der Waals surface area (Å²) < 4.78 is 11.2. The second-order valence-electron chi connectivity index (χ2n) is 14.7. The van der Waals surface area contributed by atoms with Gasteiger partial charge in [-0.3, -0.25) is 4.79 Å². The van der Waals surface area contributed by atoms with Crippen molar-refractivity contribution in [2.24, 2.45) is 0 Å². The normalized spacial score (nSPS) is 21.9. The lowest BCUT2D eigenvalue weighted by atomic mass is 9.99. The Morgan fingerprint density at radius 3 is 1.62 bits per heavy atom. The van der Waals surface area contributed by atoms with E-state index in [1.165, 1.54) is 25.7 Å². The zero-order valence-corrected chi connectivity index (χ0v) is 35.7. The van der Waals surface area contributed by atoms with Crippen molar-refractivity contribution in [2.45, 2.75) is 179 Å². The minimum atomic E-state index is -1.59. The van der Waals surface area contributed by atoms with Crippen molar-refractivity contribution in [3.05, 3.63) is 109 Å². The molecule has 58 heavy (non-hydrogen) atoms. The summed E-state index contributed by atoms with van der Waals surface area (Å²) in [5.74, 6) is -0.240. The standard InChI is InChI=1S/C49H79NO8/c1-3-5-7-9-11-13-15-17-19-20-21-22-23-24-25-27-29-31-33-35-37-39-45(53)50-42(41-57-49-48(56)47(55)46(54)44(40-51)58-49)43(52)38-36-34-32-30-28-26-18-16-14-12-10-8-6-4-2/h5,7,11,13-14,16-17,19,21-22,24-25,28-31,36,38,42-44,46-49,51-52,54-56H,3-4,6,8-10,12,15,18,20,23,26-27,32-35,37,39-41H2,1-2H3,(H,50,53)/b7-5-,13-11-,16-14+,19-17-,22-21-,25-24-,30-28+,31-29-,38-36+. The van der Waals surface area contributed by atoms with Crippen molar-refractivity contribution in [3.63, 3.8) is 0 Å². The van der Waals surface area contributed by atoms with Crippen LogP contribution in [0.15, 0.2) is 109 Å². The van der Waals surface area contributed by atoms with Gasteiger partial charge in [0.15, 0.2) is 6.29 Å². The van der Waals surface area contributed by atoms with E-state index in [-0.39, 0.29) is 18.9 Å². The molecule has 9 nitrogen and oxygen atoms in total. The molecular formula is C49H79NO8. The fourth-order valence-corrected chi connectivity index (χ4v) is 6.01. The monoisotopic (exact) mass is 810 g/mol. The van der Waals surface area contributed by atoms with E-state index in [2.05, 4.69) is 116 Å². The van der Waals surface area contributed by atoms with Crippen molar-refractivity contribution >= 4 is 5.91 Å². The number of unbranched alkanes of at least 4 members (excludes halogenated alkanes) is 8. The molecule has 0 aromatic rings. The van der Waals surface area contributed by atoms with Crippen LogP contribution in [0.25, 0.3) is 0 Å². The van der Waals surface area contributed by atoms with E-state index in [0.29, 0.717) is 12.8 Å². The van der Waals surface area contributed by atoms with Gasteiger partial charge in [0, 0.05) is 6.42 Å². The number of allylic oxidation sites excluding steroid dienone is 17. The number of hydrogen-bond donors (Lipinski definition) is 6. The molecule has 1 aliphatic rings. The van der Waals surface area contributed by atoms with Crippen LogP contribution in [0.5, 0.6) is 0 Å². The number of aliphatic hydroxyl groups excluding tert-OH is 5. The van der Waals surface area contributed by atoms with Gasteiger partial charge in [0.05, 0.1) is 25.4 Å². The van der Waals surface area contributed by atoms with Crippen molar-refractivity contribution < 1.29 is 39.8 Å². The summed E-state index contributed by atoms with van der Waals surface area (Å²) in [6, 6.07) is -0.858. The molecule has 1 fully saturated rings. The van der Waals surface area contributed by atoms with Crippen LogP contribution in [-0.4, -0.2) is 87.5 Å². The van der Waals surface area contributed by atoms with E-state index in [1.807, 2.05) is 6.08 Å². The smallest absolute Gasteiger partial charge is 0.220 e. The first-order valence-electron chi connectivity index (χ1n) is 22.1. The van der Waals surface area contributed by atoms with E-state index in [4.69, 9.17) is 9.47 Å². The van der Waals surface area contributed by atoms with Crippen LogP contribution in [0.2, 0.25) is 0 Å². The Labute approximate surface area is 351 Å². The first kappa shape index (κ1) is 52.9. The van der Waals surface area contributed by atoms with Crippen LogP contribution in [0, 0.1) is 0 Å². The maximum atomic E-state index is 12.9. The van der Waals surface area contributed by atoms with Gasteiger partial charge in [-0.25, -0.2) is 0 Å². The molecule has 0 saturated carbocycles. The summed E-state index contributed by atoms with van der Waals surface area (Å²) in [6.07, 6.45) is 48.4. The molecule has 0 spiro atoms. The molecule has 0 aromatic heterocycles. The molecule has 0 aromatic carbocycles. The molecule has 1 aliphatic heterocycles. The highest BCUT2D eigenvalue weighted by Gasteiger charge is 2.44. The van der Waals surface area contributed by atoms with Crippen molar-refractivity contribution in [1.82, 2.24) is 5.32 Å². The van der Waals surface area contributed by atoms with Gasteiger partial charge in [-0.05, 0) is 96.3 Å². The van der Waals surface area contributed by atoms with Gasteiger partial charge in [0.1, 0.15) is 24.4 Å². The average molecular weight is 810 g/mol. The Hall–Kier alpha value is -3.15. The molecule has 0 bridgehead atoms. The summed E-state index contributed by atoms with van der Waals surface area (Å²) in [4.78, 5) is 12.9. The topological polar surface area (TPSA) is 149 Å². The van der Waals surface area contributed by atoms with Crippen LogP contribution in [0.3, 0.4) is 0 Å². The Balaban J connectivity index is 2.46. The van der Waals surface area contributed by atoms with Gasteiger partial charge in [-0.15, -0.1) is 0 Å². The maximum absolute atomic E-state index is 12.9. The zero-order valence-electron chi connectivity index (χ0n) is 35.7. The van der Waals surface area contributed by atoms with Gasteiger partial charge in [0.2, 0.25) is 5.91 Å². The molecule has 0 aliphatic carbocycles. The summed E-state index contributed by atoms with van der Waals surface area (Å²) in [5.41, 5.74) is 0. The molecule has 1 rings (SSSR count). The SMILES string of the molecule is CC/C=C\C/C=C\C/C=C\C/C=C\C/C=C\C/C=C\CCCCC(=O)NC(COC1OC(CO)C(O)C(O)C1O)C(O)/C=C/CC/C=C/CC/C=C/CCCCCC. The molecule has 1 heterocycles. The van der Waals surface area contributed by atoms with E-state index in [0.717, 1.165) is 77.0 Å². The first-order chi connectivity index (χ1) is 28.3. The number of carbonyl (C=O) groups excluding carboxylic acids is 1. The number of amides is 1. The minimum Gasteiger partial charge on any atom is -0.394 e. The Bertz CT molecular complexity index is 1260. The predicted octanol–water partition coefficient (Wildman–Crippen LogP) is 9.11. The molecule has 0 radical (unpaired) electrons. The number of nitrogens with one attached hydrogen (secondary N) is 1. The number of ether oxygens (including phenoxy) is 2. The third kappa shape index (κ3) is 28.3. The van der Waals surface area contributed by atoms with Gasteiger partial charge in [-0.2, -0.15) is 0 Å². The molecule has 328 valence electrons. The second-order valence-corrected chi connectivity index (χ2v) is 14.7. The molecule has 1 saturated heterocycles. The fraction of sp³-hybridized carbons (Fsp3) is 0.612.